The second kappa shape index (κ2) is 6.58. The van der Waals surface area contributed by atoms with Crippen LogP contribution in [0.25, 0.3) is 0 Å². The van der Waals surface area contributed by atoms with Crippen LogP contribution in [-0.2, 0) is 15.8 Å². The lowest BCUT2D eigenvalue weighted by atomic mass is 10.1. The summed E-state index contributed by atoms with van der Waals surface area (Å²) in [5.41, 5.74) is -0.680. The average molecular weight is 348 g/mol. The molecular formula is C18H15F3N2O2. The molecule has 7 heteroatoms. The molecule has 0 spiro atoms. The molecule has 2 aromatic carbocycles. The van der Waals surface area contributed by atoms with Gasteiger partial charge in [0, 0.05) is 12.1 Å². The van der Waals surface area contributed by atoms with Crippen molar-refractivity contribution < 1.29 is 22.8 Å². The van der Waals surface area contributed by atoms with Crippen molar-refractivity contribution >= 4 is 23.2 Å². The SMILES string of the molecule is O=C(Nc1ccccc1C(F)(F)F)C1CCC(=O)N1c1ccccc1. The normalized spacial score (nSPS) is 17.6. The van der Waals surface area contributed by atoms with Crippen LogP contribution >= 0.6 is 0 Å². The first-order chi connectivity index (χ1) is 11.9. The minimum Gasteiger partial charge on any atom is -0.324 e. The summed E-state index contributed by atoms with van der Waals surface area (Å²) in [7, 11) is 0. The molecule has 0 bridgehead atoms. The molecule has 1 N–H and O–H groups in total. The molecule has 1 aliphatic heterocycles. The van der Waals surface area contributed by atoms with Gasteiger partial charge in [0.05, 0.1) is 11.3 Å². The number of hydrogen-bond donors (Lipinski definition) is 1. The van der Waals surface area contributed by atoms with Crippen LogP contribution in [-0.4, -0.2) is 17.9 Å². The highest BCUT2D eigenvalue weighted by Crippen LogP contribution is 2.35. The lowest BCUT2D eigenvalue weighted by molar-refractivity contribution is -0.137. The van der Waals surface area contributed by atoms with Gasteiger partial charge in [-0.15, -0.1) is 0 Å². The number of hydrogen-bond acceptors (Lipinski definition) is 2. The quantitative estimate of drug-likeness (QED) is 0.916. The van der Waals surface area contributed by atoms with Gasteiger partial charge in [-0.1, -0.05) is 30.3 Å². The number of nitrogens with one attached hydrogen (secondary N) is 1. The molecule has 130 valence electrons. The summed E-state index contributed by atoms with van der Waals surface area (Å²) < 4.78 is 39.2. The van der Waals surface area contributed by atoms with Crippen molar-refractivity contribution in [1.82, 2.24) is 0 Å². The number of para-hydroxylation sites is 2. The van der Waals surface area contributed by atoms with Crippen LogP contribution < -0.4 is 10.2 Å². The molecule has 2 aromatic rings. The summed E-state index contributed by atoms with van der Waals surface area (Å²) in [4.78, 5) is 26.0. The molecule has 3 rings (SSSR count). The van der Waals surface area contributed by atoms with E-state index < -0.39 is 23.7 Å². The molecule has 1 unspecified atom stereocenters. The Kier molecular flexibility index (Phi) is 4.48. The molecule has 2 amide bonds. The number of alkyl halides is 3. The van der Waals surface area contributed by atoms with Gasteiger partial charge in [0.15, 0.2) is 0 Å². The lowest BCUT2D eigenvalue weighted by Crippen LogP contribution is -2.42. The van der Waals surface area contributed by atoms with Gasteiger partial charge in [-0.25, -0.2) is 0 Å². The van der Waals surface area contributed by atoms with Gasteiger partial charge in [0.2, 0.25) is 11.8 Å². The third kappa shape index (κ3) is 3.50. The molecule has 0 aliphatic carbocycles. The van der Waals surface area contributed by atoms with Crippen LogP contribution in [0, 0.1) is 0 Å². The molecule has 1 aliphatic rings. The second-order valence-electron chi connectivity index (χ2n) is 5.69. The van der Waals surface area contributed by atoms with Crippen molar-refractivity contribution in [2.75, 3.05) is 10.2 Å². The number of amides is 2. The smallest absolute Gasteiger partial charge is 0.324 e. The number of benzene rings is 2. The van der Waals surface area contributed by atoms with E-state index >= 15 is 0 Å². The second-order valence-corrected chi connectivity index (χ2v) is 5.69. The first-order valence-corrected chi connectivity index (χ1v) is 7.72. The highest BCUT2D eigenvalue weighted by atomic mass is 19.4. The maximum Gasteiger partial charge on any atom is 0.418 e. The predicted molar refractivity (Wildman–Crippen MR) is 87.0 cm³/mol. The third-order valence-electron chi connectivity index (χ3n) is 4.04. The molecular weight excluding hydrogens is 333 g/mol. The van der Waals surface area contributed by atoms with Gasteiger partial charge in [0.25, 0.3) is 0 Å². The number of carbonyl (C=O) groups excluding carboxylic acids is 2. The van der Waals surface area contributed by atoms with Gasteiger partial charge >= 0.3 is 6.18 Å². The number of rotatable bonds is 3. The Bertz CT molecular complexity index is 790. The Labute approximate surface area is 142 Å². The minimum absolute atomic E-state index is 0.175. The molecule has 25 heavy (non-hydrogen) atoms. The topological polar surface area (TPSA) is 49.4 Å². The first kappa shape index (κ1) is 17.0. The molecule has 1 heterocycles. The molecule has 1 fully saturated rings. The first-order valence-electron chi connectivity index (χ1n) is 7.72. The molecule has 0 saturated carbocycles. The molecule has 1 saturated heterocycles. The molecule has 0 aromatic heterocycles. The van der Waals surface area contributed by atoms with Crippen LogP contribution in [0.15, 0.2) is 54.6 Å². The standard InChI is InChI=1S/C18H15F3N2O2/c19-18(20,21)13-8-4-5-9-14(13)22-17(25)15-10-11-16(24)23(15)12-6-2-1-3-7-12/h1-9,15H,10-11H2,(H,22,25). The van der Waals surface area contributed by atoms with Crippen LogP contribution in [0.2, 0.25) is 0 Å². The average Bonchev–Trinajstić information content (AvgIpc) is 2.97. The number of nitrogens with zero attached hydrogens (tertiary/aromatic N) is 1. The zero-order valence-electron chi connectivity index (χ0n) is 13.1. The maximum absolute atomic E-state index is 13.1. The van der Waals surface area contributed by atoms with Crippen LogP contribution in [0.5, 0.6) is 0 Å². The van der Waals surface area contributed by atoms with E-state index in [0.29, 0.717) is 5.69 Å². The van der Waals surface area contributed by atoms with E-state index in [1.165, 1.54) is 23.1 Å². The Morgan fingerprint density at radius 2 is 1.68 bits per heavy atom. The summed E-state index contributed by atoms with van der Waals surface area (Å²) in [6.45, 7) is 0. The monoisotopic (exact) mass is 348 g/mol. The van der Waals surface area contributed by atoms with Gasteiger partial charge in [-0.05, 0) is 30.7 Å². The van der Waals surface area contributed by atoms with Crippen molar-refractivity contribution in [2.24, 2.45) is 0 Å². The Morgan fingerprint density at radius 3 is 2.36 bits per heavy atom. The highest BCUT2D eigenvalue weighted by molar-refractivity contribution is 6.07. The Balaban J connectivity index is 1.86. The summed E-state index contributed by atoms with van der Waals surface area (Å²) >= 11 is 0. The summed E-state index contributed by atoms with van der Waals surface area (Å²) in [5, 5.41) is 2.33. The zero-order chi connectivity index (χ0) is 18.0. The Morgan fingerprint density at radius 1 is 1.04 bits per heavy atom. The van der Waals surface area contributed by atoms with E-state index in [9.17, 15) is 22.8 Å². The predicted octanol–water partition coefficient (Wildman–Crippen LogP) is 3.84. The van der Waals surface area contributed by atoms with Gasteiger partial charge in [-0.2, -0.15) is 13.2 Å². The fourth-order valence-corrected chi connectivity index (χ4v) is 2.90. The Hall–Kier alpha value is -2.83. The van der Waals surface area contributed by atoms with Crippen molar-refractivity contribution in [1.29, 1.82) is 0 Å². The van der Waals surface area contributed by atoms with Crippen molar-refractivity contribution in [3.05, 3.63) is 60.2 Å². The van der Waals surface area contributed by atoms with Crippen LogP contribution in [0.4, 0.5) is 24.5 Å². The van der Waals surface area contributed by atoms with Crippen LogP contribution in [0.3, 0.4) is 0 Å². The van der Waals surface area contributed by atoms with E-state index in [4.69, 9.17) is 0 Å². The summed E-state index contributed by atoms with van der Waals surface area (Å²) in [5.74, 6) is -0.859. The highest BCUT2D eigenvalue weighted by Gasteiger charge is 2.38. The number of anilines is 2. The van der Waals surface area contributed by atoms with E-state index in [1.54, 1.807) is 30.3 Å². The van der Waals surface area contributed by atoms with Gasteiger partial charge in [-0.3, -0.25) is 14.5 Å². The van der Waals surface area contributed by atoms with E-state index in [-0.39, 0.29) is 24.4 Å². The maximum atomic E-state index is 13.1. The molecule has 0 radical (unpaired) electrons. The summed E-state index contributed by atoms with van der Waals surface area (Å²) in [6.07, 6.45) is -4.14. The fourth-order valence-electron chi connectivity index (χ4n) is 2.90. The van der Waals surface area contributed by atoms with E-state index in [1.807, 2.05) is 0 Å². The number of halogens is 3. The van der Waals surface area contributed by atoms with Crippen LogP contribution in [0.1, 0.15) is 18.4 Å². The van der Waals surface area contributed by atoms with E-state index in [2.05, 4.69) is 5.32 Å². The minimum atomic E-state index is -4.57. The van der Waals surface area contributed by atoms with Crippen molar-refractivity contribution in [3.63, 3.8) is 0 Å². The fraction of sp³-hybridized carbons (Fsp3) is 0.222. The molecule has 1 atom stereocenters. The zero-order valence-corrected chi connectivity index (χ0v) is 13.1. The lowest BCUT2D eigenvalue weighted by Gasteiger charge is -2.24. The third-order valence-corrected chi connectivity index (χ3v) is 4.04. The molecule has 4 nitrogen and oxygen atoms in total. The number of carbonyl (C=O) groups is 2. The summed E-state index contributed by atoms with van der Waals surface area (Å²) in [6, 6.07) is 12.6. The largest absolute Gasteiger partial charge is 0.418 e. The van der Waals surface area contributed by atoms with E-state index in [0.717, 1.165) is 6.07 Å². The van der Waals surface area contributed by atoms with Gasteiger partial charge in [0.1, 0.15) is 6.04 Å². The van der Waals surface area contributed by atoms with Gasteiger partial charge < -0.3 is 5.32 Å². The van der Waals surface area contributed by atoms with Crippen molar-refractivity contribution in [2.45, 2.75) is 25.1 Å². The van der Waals surface area contributed by atoms with Crippen molar-refractivity contribution in [3.8, 4) is 0 Å².